The zero-order valence-electron chi connectivity index (χ0n) is 10.1. The fourth-order valence-corrected chi connectivity index (χ4v) is 3.21. The molecule has 1 atom stereocenters. The van der Waals surface area contributed by atoms with Gasteiger partial charge < -0.3 is 4.74 Å². The smallest absolute Gasteiger partial charge is 0.163 e. The predicted octanol–water partition coefficient (Wildman–Crippen LogP) is 4.59. The van der Waals surface area contributed by atoms with Crippen LogP contribution in [0.25, 0.3) is 0 Å². The Labute approximate surface area is 130 Å². The van der Waals surface area contributed by atoms with E-state index < -0.39 is 0 Å². The minimum atomic E-state index is 0.235. The van der Waals surface area contributed by atoms with Gasteiger partial charge >= 0.3 is 0 Å². The molecular weight excluding hydrogens is 407 g/mol. The third-order valence-corrected chi connectivity index (χ3v) is 4.62. The van der Waals surface area contributed by atoms with Crippen molar-refractivity contribution in [2.75, 3.05) is 6.61 Å². The van der Waals surface area contributed by atoms with E-state index in [0.29, 0.717) is 12.5 Å². The molecule has 0 aliphatic carbocycles. The molecule has 0 aromatic heterocycles. The van der Waals surface area contributed by atoms with Crippen LogP contribution in [-0.2, 0) is 4.74 Å². The highest BCUT2D eigenvalue weighted by atomic mass is 127. The zero-order valence-corrected chi connectivity index (χ0v) is 13.9. The van der Waals surface area contributed by atoms with Gasteiger partial charge in [0.15, 0.2) is 5.78 Å². The summed E-state index contributed by atoms with van der Waals surface area (Å²) in [4.78, 5) is 12.1. The molecule has 1 saturated heterocycles. The van der Waals surface area contributed by atoms with Crippen LogP contribution in [0.1, 0.15) is 42.5 Å². The SMILES string of the molecule is O=C(CCCC1CCCO1)c1cc(Br)ccc1I. The number of carbonyl (C=O) groups excluding carboxylic acids is 1. The van der Waals surface area contributed by atoms with Crippen LogP contribution in [0.3, 0.4) is 0 Å². The van der Waals surface area contributed by atoms with Gasteiger partial charge in [-0.05, 0) is 66.5 Å². The Morgan fingerprint density at radius 1 is 1.50 bits per heavy atom. The second-order valence-electron chi connectivity index (χ2n) is 4.57. The number of Topliss-reactive ketones (excluding diaryl/α,β-unsaturated/α-hetero) is 1. The molecule has 1 unspecified atom stereocenters. The van der Waals surface area contributed by atoms with E-state index in [1.165, 1.54) is 6.42 Å². The number of benzene rings is 1. The maximum absolute atomic E-state index is 12.1. The average molecular weight is 423 g/mol. The topological polar surface area (TPSA) is 26.3 Å². The van der Waals surface area contributed by atoms with E-state index >= 15 is 0 Å². The molecule has 0 N–H and O–H groups in total. The van der Waals surface area contributed by atoms with Gasteiger partial charge in [-0.1, -0.05) is 15.9 Å². The van der Waals surface area contributed by atoms with E-state index in [4.69, 9.17) is 4.74 Å². The summed E-state index contributed by atoms with van der Waals surface area (Å²) in [5.74, 6) is 0.235. The number of halogens is 2. The molecule has 1 fully saturated rings. The molecule has 1 aliphatic heterocycles. The lowest BCUT2D eigenvalue weighted by Crippen LogP contribution is -2.07. The van der Waals surface area contributed by atoms with Gasteiger partial charge in [0.1, 0.15) is 0 Å². The summed E-state index contributed by atoms with van der Waals surface area (Å²) >= 11 is 5.63. The van der Waals surface area contributed by atoms with Crippen molar-refractivity contribution in [2.45, 2.75) is 38.2 Å². The van der Waals surface area contributed by atoms with Crippen molar-refractivity contribution in [2.24, 2.45) is 0 Å². The van der Waals surface area contributed by atoms with Crippen LogP contribution in [0.5, 0.6) is 0 Å². The predicted molar refractivity (Wildman–Crippen MR) is 84.0 cm³/mol. The summed E-state index contributed by atoms with van der Waals surface area (Å²) in [7, 11) is 0. The lowest BCUT2D eigenvalue weighted by molar-refractivity contribution is 0.0922. The van der Waals surface area contributed by atoms with Gasteiger partial charge in [-0.2, -0.15) is 0 Å². The lowest BCUT2D eigenvalue weighted by Gasteiger charge is -2.09. The monoisotopic (exact) mass is 422 g/mol. The van der Waals surface area contributed by atoms with Gasteiger partial charge in [-0.15, -0.1) is 0 Å². The molecule has 0 radical (unpaired) electrons. The maximum Gasteiger partial charge on any atom is 0.163 e. The molecule has 2 rings (SSSR count). The molecule has 4 heteroatoms. The first-order valence-electron chi connectivity index (χ1n) is 6.26. The van der Waals surface area contributed by atoms with Crippen molar-refractivity contribution < 1.29 is 9.53 Å². The third-order valence-electron chi connectivity index (χ3n) is 3.18. The maximum atomic E-state index is 12.1. The van der Waals surface area contributed by atoms with Gasteiger partial charge in [0.25, 0.3) is 0 Å². The largest absolute Gasteiger partial charge is 0.378 e. The number of hydrogen-bond donors (Lipinski definition) is 0. The van der Waals surface area contributed by atoms with Crippen LogP contribution >= 0.6 is 38.5 Å². The Hall–Kier alpha value is 0.0600. The minimum absolute atomic E-state index is 0.235. The molecule has 0 bridgehead atoms. The zero-order chi connectivity index (χ0) is 13.0. The highest BCUT2D eigenvalue weighted by molar-refractivity contribution is 14.1. The molecule has 1 aliphatic rings. The molecule has 1 heterocycles. The first-order valence-corrected chi connectivity index (χ1v) is 8.14. The first kappa shape index (κ1) is 14.5. The first-order chi connectivity index (χ1) is 8.66. The summed E-state index contributed by atoms with van der Waals surface area (Å²) in [5.41, 5.74) is 0.831. The number of hydrogen-bond acceptors (Lipinski definition) is 2. The van der Waals surface area contributed by atoms with E-state index in [1.54, 1.807) is 0 Å². The fraction of sp³-hybridized carbons (Fsp3) is 0.500. The van der Waals surface area contributed by atoms with Crippen molar-refractivity contribution >= 4 is 44.3 Å². The van der Waals surface area contributed by atoms with Crippen LogP contribution in [0.2, 0.25) is 0 Å². The highest BCUT2D eigenvalue weighted by Crippen LogP contribution is 2.22. The standard InChI is InChI=1S/C14H16BrIO2/c15-10-6-7-13(16)12(9-10)14(17)5-1-3-11-4-2-8-18-11/h6-7,9,11H,1-5,8H2. The van der Waals surface area contributed by atoms with Crippen molar-refractivity contribution in [1.82, 2.24) is 0 Å². The van der Waals surface area contributed by atoms with E-state index in [2.05, 4.69) is 38.5 Å². The Morgan fingerprint density at radius 2 is 2.33 bits per heavy atom. The van der Waals surface area contributed by atoms with E-state index in [9.17, 15) is 4.79 Å². The van der Waals surface area contributed by atoms with Gasteiger partial charge in [-0.25, -0.2) is 0 Å². The fourth-order valence-electron chi connectivity index (χ4n) is 2.21. The van der Waals surface area contributed by atoms with Crippen LogP contribution in [0.15, 0.2) is 22.7 Å². The molecule has 98 valence electrons. The van der Waals surface area contributed by atoms with E-state index in [0.717, 1.165) is 39.5 Å². The molecule has 18 heavy (non-hydrogen) atoms. The quantitative estimate of drug-likeness (QED) is 0.512. The van der Waals surface area contributed by atoms with Crippen LogP contribution in [-0.4, -0.2) is 18.5 Å². The van der Waals surface area contributed by atoms with Gasteiger partial charge in [0.2, 0.25) is 0 Å². The summed E-state index contributed by atoms with van der Waals surface area (Å²) in [5, 5.41) is 0. The second-order valence-corrected chi connectivity index (χ2v) is 6.65. The van der Waals surface area contributed by atoms with Crippen LogP contribution in [0, 0.1) is 3.57 Å². The summed E-state index contributed by atoms with van der Waals surface area (Å²) in [6, 6.07) is 5.85. The van der Waals surface area contributed by atoms with E-state index in [1.807, 2.05) is 18.2 Å². The highest BCUT2D eigenvalue weighted by Gasteiger charge is 2.16. The Balaban J connectivity index is 1.85. The number of carbonyl (C=O) groups is 1. The molecule has 0 amide bonds. The van der Waals surface area contributed by atoms with Crippen LogP contribution < -0.4 is 0 Å². The third kappa shape index (κ3) is 4.03. The molecule has 0 spiro atoms. The van der Waals surface area contributed by atoms with Gasteiger partial charge in [-0.3, -0.25) is 4.79 Å². The summed E-state index contributed by atoms with van der Waals surface area (Å²) in [6.07, 6.45) is 5.26. The molecule has 1 aromatic carbocycles. The Kier molecular flexibility index (Phi) is 5.63. The molecule has 1 aromatic rings. The van der Waals surface area contributed by atoms with Gasteiger partial charge in [0, 0.05) is 26.6 Å². The number of ether oxygens (including phenoxy) is 1. The summed E-state index contributed by atoms with van der Waals surface area (Å²) < 4.78 is 7.55. The average Bonchev–Trinajstić information content (AvgIpc) is 2.85. The normalized spacial score (nSPS) is 19.1. The van der Waals surface area contributed by atoms with E-state index in [-0.39, 0.29) is 5.78 Å². The van der Waals surface area contributed by atoms with Gasteiger partial charge in [0.05, 0.1) is 6.10 Å². The Bertz CT molecular complexity index is 428. The second kappa shape index (κ2) is 7.01. The van der Waals surface area contributed by atoms with Crippen molar-refractivity contribution in [3.05, 3.63) is 31.8 Å². The molecule has 2 nitrogen and oxygen atoms in total. The Morgan fingerprint density at radius 3 is 3.06 bits per heavy atom. The van der Waals surface area contributed by atoms with Crippen molar-refractivity contribution in [3.8, 4) is 0 Å². The lowest BCUT2D eigenvalue weighted by atomic mass is 10.0. The number of ketones is 1. The minimum Gasteiger partial charge on any atom is -0.378 e. The van der Waals surface area contributed by atoms with Crippen molar-refractivity contribution in [1.29, 1.82) is 0 Å². The molecule has 0 saturated carbocycles. The number of rotatable bonds is 5. The summed E-state index contributed by atoms with van der Waals surface area (Å²) in [6.45, 7) is 0.891. The van der Waals surface area contributed by atoms with Crippen LogP contribution in [0.4, 0.5) is 0 Å². The molecular formula is C14H16BrIO2. The van der Waals surface area contributed by atoms with Crippen molar-refractivity contribution in [3.63, 3.8) is 0 Å².